The largest absolute Gasteiger partial charge is 0.493 e. The van der Waals surface area contributed by atoms with Crippen LogP contribution >= 0.6 is 0 Å². The molecule has 0 saturated carbocycles. The Morgan fingerprint density at radius 1 is 1.40 bits per heavy atom. The Bertz CT molecular complexity index is 478. The van der Waals surface area contributed by atoms with Crippen LogP contribution in [-0.2, 0) is 4.79 Å². The molecule has 1 aromatic rings. The van der Waals surface area contributed by atoms with Gasteiger partial charge in [0.2, 0.25) is 0 Å². The van der Waals surface area contributed by atoms with Crippen LogP contribution in [-0.4, -0.2) is 44.2 Å². The number of para-hydroxylation sites is 2. The maximum atomic E-state index is 12.1. The van der Waals surface area contributed by atoms with Gasteiger partial charge in [0, 0.05) is 13.1 Å². The van der Waals surface area contributed by atoms with Gasteiger partial charge in [0.1, 0.15) is 0 Å². The fourth-order valence-electron chi connectivity index (χ4n) is 2.37. The van der Waals surface area contributed by atoms with E-state index < -0.39 is 0 Å². The standard InChI is InChI=1S/C15H22N2O3/c1-15(10-16)7-8-17(11-15)14(18)9-20-13-6-4-3-5-12(13)19-2/h3-6H,7-11,16H2,1-2H3. The van der Waals surface area contributed by atoms with E-state index in [9.17, 15) is 4.79 Å². The third-order valence-electron chi connectivity index (χ3n) is 3.82. The summed E-state index contributed by atoms with van der Waals surface area (Å²) in [5.41, 5.74) is 5.79. The van der Waals surface area contributed by atoms with Gasteiger partial charge in [-0.2, -0.15) is 0 Å². The topological polar surface area (TPSA) is 64.8 Å². The molecule has 0 aromatic heterocycles. The van der Waals surface area contributed by atoms with E-state index in [0.29, 0.717) is 24.6 Å². The summed E-state index contributed by atoms with van der Waals surface area (Å²) in [7, 11) is 1.58. The first-order valence-corrected chi connectivity index (χ1v) is 6.82. The number of amides is 1. The normalized spacial score (nSPS) is 21.9. The van der Waals surface area contributed by atoms with Gasteiger partial charge >= 0.3 is 0 Å². The smallest absolute Gasteiger partial charge is 0.260 e. The number of carbonyl (C=O) groups is 1. The summed E-state index contributed by atoms with van der Waals surface area (Å²) < 4.78 is 10.7. The molecule has 1 heterocycles. The number of benzene rings is 1. The number of ether oxygens (including phenoxy) is 2. The maximum absolute atomic E-state index is 12.1. The summed E-state index contributed by atoms with van der Waals surface area (Å²) in [5.74, 6) is 1.21. The zero-order valence-corrected chi connectivity index (χ0v) is 12.1. The average molecular weight is 278 g/mol. The van der Waals surface area contributed by atoms with Crippen molar-refractivity contribution >= 4 is 5.91 Å². The summed E-state index contributed by atoms with van der Waals surface area (Å²) >= 11 is 0. The van der Waals surface area contributed by atoms with E-state index in [2.05, 4.69) is 6.92 Å². The minimum Gasteiger partial charge on any atom is -0.493 e. The van der Waals surface area contributed by atoms with Gasteiger partial charge in [0.15, 0.2) is 18.1 Å². The summed E-state index contributed by atoms with van der Waals surface area (Å²) in [5, 5.41) is 0. The lowest BCUT2D eigenvalue weighted by Crippen LogP contribution is -2.36. The third-order valence-corrected chi connectivity index (χ3v) is 3.82. The van der Waals surface area contributed by atoms with Gasteiger partial charge in [-0.1, -0.05) is 19.1 Å². The van der Waals surface area contributed by atoms with E-state index in [1.54, 1.807) is 19.2 Å². The van der Waals surface area contributed by atoms with E-state index in [1.807, 2.05) is 17.0 Å². The van der Waals surface area contributed by atoms with Crippen LogP contribution in [0, 0.1) is 5.41 Å². The van der Waals surface area contributed by atoms with Crippen molar-refractivity contribution in [1.82, 2.24) is 4.90 Å². The SMILES string of the molecule is COc1ccccc1OCC(=O)N1CCC(C)(CN)C1. The molecule has 0 radical (unpaired) electrons. The molecular weight excluding hydrogens is 256 g/mol. The lowest BCUT2D eigenvalue weighted by molar-refractivity contribution is -0.132. The molecule has 2 N–H and O–H groups in total. The van der Waals surface area contributed by atoms with Gasteiger partial charge < -0.3 is 20.1 Å². The quantitative estimate of drug-likeness (QED) is 0.881. The maximum Gasteiger partial charge on any atom is 0.260 e. The van der Waals surface area contributed by atoms with Gasteiger partial charge in [-0.15, -0.1) is 0 Å². The van der Waals surface area contributed by atoms with Gasteiger partial charge in [0.05, 0.1) is 7.11 Å². The summed E-state index contributed by atoms with van der Waals surface area (Å²) in [6.45, 7) is 4.20. The van der Waals surface area contributed by atoms with Crippen LogP contribution in [0.1, 0.15) is 13.3 Å². The number of rotatable bonds is 5. The van der Waals surface area contributed by atoms with Crippen molar-refractivity contribution in [3.8, 4) is 11.5 Å². The first-order valence-electron chi connectivity index (χ1n) is 6.82. The van der Waals surface area contributed by atoms with Crippen molar-refractivity contribution in [2.45, 2.75) is 13.3 Å². The first-order chi connectivity index (χ1) is 9.58. The molecule has 0 aliphatic carbocycles. The predicted molar refractivity (Wildman–Crippen MR) is 76.8 cm³/mol. The number of methoxy groups -OCH3 is 1. The fourth-order valence-corrected chi connectivity index (χ4v) is 2.37. The molecule has 1 aliphatic heterocycles. The van der Waals surface area contributed by atoms with Crippen molar-refractivity contribution < 1.29 is 14.3 Å². The average Bonchev–Trinajstić information content (AvgIpc) is 2.88. The number of carbonyl (C=O) groups excluding carboxylic acids is 1. The number of likely N-dealkylation sites (tertiary alicyclic amines) is 1. The molecule has 1 aliphatic rings. The van der Waals surface area contributed by atoms with Crippen LogP contribution in [0.3, 0.4) is 0 Å². The second-order valence-electron chi connectivity index (χ2n) is 5.52. The van der Waals surface area contributed by atoms with E-state index >= 15 is 0 Å². The van der Waals surface area contributed by atoms with Crippen LogP contribution in [0.4, 0.5) is 0 Å². The van der Waals surface area contributed by atoms with Crippen LogP contribution in [0.2, 0.25) is 0 Å². The molecule has 110 valence electrons. The van der Waals surface area contributed by atoms with Crippen molar-refractivity contribution in [1.29, 1.82) is 0 Å². The molecule has 0 bridgehead atoms. The second-order valence-corrected chi connectivity index (χ2v) is 5.52. The number of hydrogen-bond donors (Lipinski definition) is 1. The highest BCUT2D eigenvalue weighted by Gasteiger charge is 2.34. The summed E-state index contributed by atoms with van der Waals surface area (Å²) in [6.07, 6.45) is 0.948. The monoisotopic (exact) mass is 278 g/mol. The highest BCUT2D eigenvalue weighted by molar-refractivity contribution is 5.78. The molecule has 1 unspecified atom stereocenters. The molecule has 20 heavy (non-hydrogen) atoms. The Balaban J connectivity index is 1.90. The van der Waals surface area contributed by atoms with Gasteiger partial charge in [-0.25, -0.2) is 0 Å². The Kier molecular flexibility index (Phi) is 4.49. The fraction of sp³-hybridized carbons (Fsp3) is 0.533. The van der Waals surface area contributed by atoms with Crippen molar-refractivity contribution in [2.24, 2.45) is 11.1 Å². The van der Waals surface area contributed by atoms with E-state index in [4.69, 9.17) is 15.2 Å². The molecule has 1 amide bonds. The minimum absolute atomic E-state index is 0.00641. The predicted octanol–water partition coefficient (Wildman–Crippen LogP) is 1.27. The van der Waals surface area contributed by atoms with E-state index in [1.165, 1.54) is 0 Å². The Morgan fingerprint density at radius 2 is 2.10 bits per heavy atom. The molecular formula is C15H22N2O3. The molecule has 1 saturated heterocycles. The van der Waals surface area contributed by atoms with Crippen LogP contribution in [0.5, 0.6) is 11.5 Å². The lowest BCUT2D eigenvalue weighted by atomic mass is 9.90. The van der Waals surface area contributed by atoms with Crippen molar-refractivity contribution in [3.05, 3.63) is 24.3 Å². The van der Waals surface area contributed by atoms with Crippen LogP contribution < -0.4 is 15.2 Å². The van der Waals surface area contributed by atoms with Gasteiger partial charge in [-0.3, -0.25) is 4.79 Å². The molecule has 5 heteroatoms. The first kappa shape index (κ1) is 14.7. The molecule has 0 spiro atoms. The van der Waals surface area contributed by atoms with E-state index in [0.717, 1.165) is 13.0 Å². The Hall–Kier alpha value is -1.75. The summed E-state index contributed by atoms with van der Waals surface area (Å²) in [6, 6.07) is 7.31. The zero-order chi connectivity index (χ0) is 14.6. The lowest BCUT2D eigenvalue weighted by Gasteiger charge is -2.22. The Morgan fingerprint density at radius 3 is 2.70 bits per heavy atom. The van der Waals surface area contributed by atoms with Crippen molar-refractivity contribution in [2.75, 3.05) is 33.4 Å². The Labute approximate surface area is 119 Å². The summed E-state index contributed by atoms with van der Waals surface area (Å²) in [4.78, 5) is 14.0. The van der Waals surface area contributed by atoms with Gasteiger partial charge in [0.25, 0.3) is 5.91 Å². The molecule has 1 aromatic carbocycles. The van der Waals surface area contributed by atoms with Crippen LogP contribution in [0.25, 0.3) is 0 Å². The van der Waals surface area contributed by atoms with Crippen LogP contribution in [0.15, 0.2) is 24.3 Å². The minimum atomic E-state index is -0.00641. The van der Waals surface area contributed by atoms with Gasteiger partial charge in [-0.05, 0) is 30.5 Å². The van der Waals surface area contributed by atoms with Crippen molar-refractivity contribution in [3.63, 3.8) is 0 Å². The molecule has 1 fully saturated rings. The third kappa shape index (κ3) is 3.22. The highest BCUT2D eigenvalue weighted by atomic mass is 16.5. The number of nitrogens with two attached hydrogens (primary N) is 1. The highest BCUT2D eigenvalue weighted by Crippen LogP contribution is 2.29. The molecule has 2 rings (SSSR count). The van der Waals surface area contributed by atoms with E-state index in [-0.39, 0.29) is 17.9 Å². The number of nitrogens with zero attached hydrogens (tertiary/aromatic N) is 1. The molecule has 5 nitrogen and oxygen atoms in total. The zero-order valence-electron chi connectivity index (χ0n) is 12.1. The molecule has 1 atom stereocenters. The second kappa shape index (κ2) is 6.13. The number of hydrogen-bond acceptors (Lipinski definition) is 4.